The summed E-state index contributed by atoms with van der Waals surface area (Å²) in [7, 11) is 0. The Bertz CT molecular complexity index is 427. The zero-order valence-corrected chi connectivity index (χ0v) is 11.0. The summed E-state index contributed by atoms with van der Waals surface area (Å²) in [5.41, 5.74) is 2.09. The maximum Gasteiger partial charge on any atom is 0.253 e. The molecule has 2 N–H and O–H groups in total. The first-order valence-corrected chi connectivity index (χ1v) is 6.46. The van der Waals surface area contributed by atoms with Crippen LogP contribution in [0.2, 0.25) is 0 Å². The first-order chi connectivity index (χ1) is 8.66. The highest BCUT2D eigenvalue weighted by Crippen LogP contribution is 2.11. The van der Waals surface area contributed by atoms with Crippen LogP contribution >= 0.6 is 0 Å². The van der Waals surface area contributed by atoms with Crippen molar-refractivity contribution in [2.24, 2.45) is 5.92 Å². The molecule has 5 heteroatoms. The number of piperidine rings is 1. The van der Waals surface area contributed by atoms with Gasteiger partial charge in [0, 0.05) is 6.54 Å². The van der Waals surface area contributed by atoms with Gasteiger partial charge in [-0.1, -0.05) is 0 Å². The van der Waals surface area contributed by atoms with Crippen LogP contribution in [0.1, 0.15) is 34.6 Å². The third-order valence-electron chi connectivity index (χ3n) is 3.36. The summed E-state index contributed by atoms with van der Waals surface area (Å²) >= 11 is 0. The molecule has 0 unspecified atom stereocenters. The number of aromatic nitrogens is 2. The second kappa shape index (κ2) is 5.91. The van der Waals surface area contributed by atoms with Crippen molar-refractivity contribution in [1.82, 2.24) is 20.8 Å². The predicted octanol–water partition coefficient (Wildman–Crippen LogP) is 0.823. The second-order valence-electron chi connectivity index (χ2n) is 4.89. The summed E-state index contributed by atoms with van der Waals surface area (Å²) in [6.07, 6.45) is 2.26. The number of carbonyl (C=O) groups is 1. The van der Waals surface area contributed by atoms with E-state index in [9.17, 15) is 4.79 Å². The van der Waals surface area contributed by atoms with Crippen LogP contribution in [-0.2, 0) is 0 Å². The highest BCUT2D eigenvalue weighted by atomic mass is 16.1. The Morgan fingerprint density at radius 3 is 2.83 bits per heavy atom. The van der Waals surface area contributed by atoms with Crippen LogP contribution < -0.4 is 10.6 Å². The highest BCUT2D eigenvalue weighted by molar-refractivity contribution is 5.95. The van der Waals surface area contributed by atoms with Crippen molar-refractivity contribution in [2.75, 3.05) is 19.6 Å². The number of hydrogen-bond acceptors (Lipinski definition) is 4. The predicted molar refractivity (Wildman–Crippen MR) is 69.4 cm³/mol. The summed E-state index contributed by atoms with van der Waals surface area (Å²) in [5, 5.41) is 14.2. The lowest BCUT2D eigenvalue weighted by molar-refractivity contribution is 0.0943. The molecule has 2 heterocycles. The summed E-state index contributed by atoms with van der Waals surface area (Å²) in [6.45, 7) is 6.51. The molecule has 1 amide bonds. The highest BCUT2D eigenvalue weighted by Gasteiger charge is 2.16. The van der Waals surface area contributed by atoms with Crippen LogP contribution in [0, 0.1) is 19.8 Å². The quantitative estimate of drug-likeness (QED) is 0.831. The number of nitrogens with one attached hydrogen (secondary N) is 2. The first-order valence-electron chi connectivity index (χ1n) is 6.46. The number of rotatable bonds is 3. The van der Waals surface area contributed by atoms with Gasteiger partial charge in [0.25, 0.3) is 5.91 Å². The molecule has 2 rings (SSSR count). The zero-order chi connectivity index (χ0) is 13.0. The van der Waals surface area contributed by atoms with Crippen LogP contribution in [0.25, 0.3) is 0 Å². The van der Waals surface area contributed by atoms with Crippen LogP contribution in [-0.4, -0.2) is 35.7 Å². The average molecular weight is 248 g/mol. The molecule has 0 aliphatic carbocycles. The number of hydrogen-bond donors (Lipinski definition) is 2. The van der Waals surface area contributed by atoms with E-state index in [0.29, 0.717) is 17.2 Å². The SMILES string of the molecule is Cc1cc(C(=O)NCC2CCNCC2)c(C)nn1. The van der Waals surface area contributed by atoms with Crippen LogP contribution in [0.4, 0.5) is 0 Å². The monoisotopic (exact) mass is 248 g/mol. The normalized spacial score (nSPS) is 16.6. The summed E-state index contributed by atoms with van der Waals surface area (Å²) in [6, 6.07) is 1.79. The molecule has 1 aromatic heterocycles. The lowest BCUT2D eigenvalue weighted by Crippen LogP contribution is -2.36. The average Bonchev–Trinajstić information content (AvgIpc) is 2.40. The van der Waals surface area contributed by atoms with E-state index in [1.54, 1.807) is 6.07 Å². The minimum Gasteiger partial charge on any atom is -0.352 e. The number of nitrogens with zero attached hydrogens (tertiary/aromatic N) is 2. The van der Waals surface area contributed by atoms with Gasteiger partial charge in [0.1, 0.15) is 0 Å². The topological polar surface area (TPSA) is 66.9 Å². The second-order valence-corrected chi connectivity index (χ2v) is 4.89. The van der Waals surface area contributed by atoms with Gasteiger partial charge in [-0.05, 0) is 51.8 Å². The van der Waals surface area contributed by atoms with Crippen LogP contribution in [0.3, 0.4) is 0 Å². The molecule has 0 bridgehead atoms. The van der Waals surface area contributed by atoms with Gasteiger partial charge in [0.15, 0.2) is 0 Å². The number of carbonyl (C=O) groups excluding carboxylic acids is 1. The summed E-state index contributed by atoms with van der Waals surface area (Å²) < 4.78 is 0. The van der Waals surface area contributed by atoms with Crippen molar-refractivity contribution < 1.29 is 4.79 Å². The Labute approximate surface area is 107 Å². The Balaban J connectivity index is 1.92. The van der Waals surface area contributed by atoms with E-state index in [1.807, 2.05) is 13.8 Å². The molecule has 1 aliphatic heterocycles. The van der Waals surface area contributed by atoms with Crippen molar-refractivity contribution in [1.29, 1.82) is 0 Å². The molecular formula is C13H20N4O. The molecule has 0 radical (unpaired) electrons. The zero-order valence-electron chi connectivity index (χ0n) is 11.0. The minimum absolute atomic E-state index is 0.0379. The Kier molecular flexibility index (Phi) is 4.25. The van der Waals surface area contributed by atoms with E-state index in [1.165, 1.54) is 0 Å². The maximum atomic E-state index is 12.1. The fraction of sp³-hybridized carbons (Fsp3) is 0.615. The van der Waals surface area contributed by atoms with Crippen molar-refractivity contribution >= 4 is 5.91 Å². The van der Waals surface area contributed by atoms with Gasteiger partial charge < -0.3 is 10.6 Å². The molecule has 0 atom stereocenters. The van der Waals surface area contributed by atoms with Gasteiger partial charge in [-0.3, -0.25) is 4.79 Å². The van der Waals surface area contributed by atoms with Gasteiger partial charge in [-0.25, -0.2) is 0 Å². The van der Waals surface area contributed by atoms with E-state index in [2.05, 4.69) is 20.8 Å². The van der Waals surface area contributed by atoms with Crippen molar-refractivity contribution in [3.8, 4) is 0 Å². The third kappa shape index (κ3) is 3.26. The van der Waals surface area contributed by atoms with E-state index >= 15 is 0 Å². The number of aryl methyl sites for hydroxylation is 2. The largest absolute Gasteiger partial charge is 0.352 e. The molecule has 0 spiro atoms. The Hall–Kier alpha value is -1.49. The molecule has 1 aliphatic rings. The standard InChI is InChI=1S/C13H20N4O/c1-9-7-12(10(2)17-16-9)13(18)15-8-11-3-5-14-6-4-11/h7,11,14H,3-6,8H2,1-2H3,(H,15,18). The molecule has 1 aromatic rings. The fourth-order valence-corrected chi connectivity index (χ4v) is 2.20. The van der Waals surface area contributed by atoms with E-state index in [0.717, 1.165) is 38.2 Å². The van der Waals surface area contributed by atoms with Gasteiger partial charge in [-0.2, -0.15) is 10.2 Å². The molecule has 5 nitrogen and oxygen atoms in total. The lowest BCUT2D eigenvalue weighted by atomic mass is 9.98. The van der Waals surface area contributed by atoms with Crippen LogP contribution in [0.15, 0.2) is 6.07 Å². The summed E-state index contributed by atoms with van der Waals surface area (Å²) in [5.74, 6) is 0.551. The molecular weight excluding hydrogens is 228 g/mol. The van der Waals surface area contributed by atoms with Crippen molar-refractivity contribution in [2.45, 2.75) is 26.7 Å². The minimum atomic E-state index is -0.0379. The van der Waals surface area contributed by atoms with E-state index in [-0.39, 0.29) is 5.91 Å². The molecule has 0 aromatic carbocycles. The first kappa shape index (κ1) is 13.0. The summed E-state index contributed by atoms with van der Waals surface area (Å²) in [4.78, 5) is 12.1. The molecule has 0 saturated carbocycles. The molecule has 18 heavy (non-hydrogen) atoms. The van der Waals surface area contributed by atoms with Crippen molar-refractivity contribution in [3.63, 3.8) is 0 Å². The molecule has 98 valence electrons. The van der Waals surface area contributed by atoms with Gasteiger partial charge in [0.2, 0.25) is 0 Å². The Morgan fingerprint density at radius 1 is 1.39 bits per heavy atom. The lowest BCUT2D eigenvalue weighted by Gasteiger charge is -2.22. The van der Waals surface area contributed by atoms with E-state index < -0.39 is 0 Å². The van der Waals surface area contributed by atoms with Gasteiger partial charge in [0.05, 0.1) is 17.0 Å². The van der Waals surface area contributed by atoms with Gasteiger partial charge >= 0.3 is 0 Å². The fourth-order valence-electron chi connectivity index (χ4n) is 2.20. The van der Waals surface area contributed by atoms with E-state index in [4.69, 9.17) is 0 Å². The van der Waals surface area contributed by atoms with Gasteiger partial charge in [-0.15, -0.1) is 0 Å². The molecule has 1 saturated heterocycles. The number of amides is 1. The Morgan fingerprint density at radius 2 is 2.11 bits per heavy atom. The van der Waals surface area contributed by atoms with Crippen molar-refractivity contribution in [3.05, 3.63) is 23.0 Å². The van der Waals surface area contributed by atoms with Crippen LogP contribution in [0.5, 0.6) is 0 Å². The third-order valence-corrected chi connectivity index (χ3v) is 3.36. The molecule has 1 fully saturated rings. The maximum absolute atomic E-state index is 12.1. The smallest absolute Gasteiger partial charge is 0.253 e.